The zero-order valence-electron chi connectivity index (χ0n) is 25.9. The lowest BCUT2D eigenvalue weighted by atomic mass is 10.0. The van der Waals surface area contributed by atoms with E-state index in [1.807, 2.05) is 37.3 Å². The average Bonchev–Trinajstić information content (AvgIpc) is 3.06. The first-order valence-corrected chi connectivity index (χ1v) is 16.5. The molecule has 4 aromatic carbocycles. The SMILES string of the molecule is CNC(=O)[C@H](Cc1ccccc1)N(Cc1ccc(Cl)cc1Cl)C(=O)CN(c1ccc(C)cc1)S(=O)(=O)c1ccc(OC)c(OC)c1. The lowest BCUT2D eigenvalue weighted by Gasteiger charge is -2.34. The van der Waals surface area contributed by atoms with Crippen molar-refractivity contribution in [1.82, 2.24) is 10.2 Å². The highest BCUT2D eigenvalue weighted by Crippen LogP contribution is 2.33. The van der Waals surface area contributed by atoms with Crippen molar-refractivity contribution in [1.29, 1.82) is 0 Å². The molecule has 0 unspecified atom stereocenters. The molecular formula is C34H35Cl2N3O6S. The Morgan fingerprint density at radius 1 is 0.870 bits per heavy atom. The van der Waals surface area contributed by atoms with Gasteiger partial charge in [-0.05, 0) is 54.4 Å². The van der Waals surface area contributed by atoms with Gasteiger partial charge >= 0.3 is 0 Å². The van der Waals surface area contributed by atoms with Gasteiger partial charge in [0.15, 0.2) is 11.5 Å². The molecule has 4 aromatic rings. The molecule has 9 nitrogen and oxygen atoms in total. The molecule has 0 bridgehead atoms. The van der Waals surface area contributed by atoms with Gasteiger partial charge < -0.3 is 19.7 Å². The highest BCUT2D eigenvalue weighted by molar-refractivity contribution is 7.92. The summed E-state index contributed by atoms with van der Waals surface area (Å²) < 4.78 is 40.2. The maximum absolute atomic E-state index is 14.5. The van der Waals surface area contributed by atoms with Crippen molar-refractivity contribution in [3.8, 4) is 11.5 Å². The van der Waals surface area contributed by atoms with Crippen molar-refractivity contribution < 1.29 is 27.5 Å². The van der Waals surface area contributed by atoms with Gasteiger partial charge in [0.05, 0.1) is 24.8 Å². The lowest BCUT2D eigenvalue weighted by Crippen LogP contribution is -2.53. The van der Waals surface area contributed by atoms with Gasteiger partial charge in [0.25, 0.3) is 10.0 Å². The standard InChI is InChI=1S/C34H35Cl2N3O6S/c1-23-10-14-27(15-11-23)39(46(42,43)28-16-17-31(44-3)32(20-28)45-4)22-33(40)38(21-25-12-13-26(35)19-29(25)36)30(34(41)37-2)18-24-8-6-5-7-9-24/h5-17,19-20,30H,18,21-22H2,1-4H3,(H,37,41)/t30-/m0/s1. The van der Waals surface area contributed by atoms with E-state index < -0.39 is 34.4 Å². The summed E-state index contributed by atoms with van der Waals surface area (Å²) in [5, 5.41) is 3.36. The minimum Gasteiger partial charge on any atom is -0.493 e. The van der Waals surface area contributed by atoms with E-state index in [0.717, 1.165) is 15.4 Å². The van der Waals surface area contributed by atoms with Crippen molar-refractivity contribution in [3.63, 3.8) is 0 Å². The van der Waals surface area contributed by atoms with E-state index in [1.165, 1.54) is 44.4 Å². The van der Waals surface area contributed by atoms with Crippen LogP contribution >= 0.6 is 23.2 Å². The van der Waals surface area contributed by atoms with Crippen molar-refractivity contribution in [3.05, 3.63) is 118 Å². The molecule has 0 heterocycles. The summed E-state index contributed by atoms with van der Waals surface area (Å²) in [6.07, 6.45) is 0.171. The number of methoxy groups -OCH3 is 2. The third kappa shape index (κ3) is 8.12. The molecule has 46 heavy (non-hydrogen) atoms. The summed E-state index contributed by atoms with van der Waals surface area (Å²) in [7, 11) is -0.00817. The number of carbonyl (C=O) groups is 2. The molecule has 0 aromatic heterocycles. The van der Waals surface area contributed by atoms with Crippen molar-refractivity contribution >= 4 is 50.7 Å². The molecule has 0 aliphatic rings. The number of hydrogen-bond acceptors (Lipinski definition) is 6. The predicted molar refractivity (Wildman–Crippen MR) is 180 cm³/mol. The van der Waals surface area contributed by atoms with E-state index in [1.54, 1.807) is 42.5 Å². The molecule has 0 radical (unpaired) electrons. The Bertz CT molecular complexity index is 1790. The summed E-state index contributed by atoms with van der Waals surface area (Å²) >= 11 is 12.7. The van der Waals surface area contributed by atoms with E-state index in [9.17, 15) is 18.0 Å². The van der Waals surface area contributed by atoms with Gasteiger partial charge in [0, 0.05) is 36.1 Å². The topological polar surface area (TPSA) is 105 Å². The smallest absolute Gasteiger partial charge is 0.264 e. The van der Waals surface area contributed by atoms with Crippen LogP contribution in [0.3, 0.4) is 0 Å². The highest BCUT2D eigenvalue weighted by atomic mass is 35.5. The van der Waals surface area contributed by atoms with E-state index >= 15 is 0 Å². The number of rotatable bonds is 13. The molecule has 0 fully saturated rings. The number of nitrogens with zero attached hydrogens (tertiary/aromatic N) is 2. The van der Waals surface area contributed by atoms with Crippen LogP contribution in [0.25, 0.3) is 0 Å². The first-order valence-electron chi connectivity index (χ1n) is 14.3. The zero-order chi connectivity index (χ0) is 33.4. The molecule has 242 valence electrons. The molecule has 1 atom stereocenters. The van der Waals surface area contributed by atoms with Crippen LogP contribution in [-0.2, 0) is 32.6 Å². The summed E-state index contributed by atoms with van der Waals surface area (Å²) in [6, 6.07) is 24.1. The minimum atomic E-state index is -4.34. The van der Waals surface area contributed by atoms with Crippen LogP contribution in [-0.4, -0.2) is 59.0 Å². The van der Waals surface area contributed by atoms with Crippen LogP contribution in [0.15, 0.2) is 95.9 Å². The molecule has 4 rings (SSSR count). The highest BCUT2D eigenvalue weighted by Gasteiger charge is 2.35. The van der Waals surface area contributed by atoms with Gasteiger partial charge in [0.2, 0.25) is 11.8 Å². The fraction of sp³-hybridized carbons (Fsp3) is 0.235. The van der Waals surface area contributed by atoms with Crippen LogP contribution in [0.2, 0.25) is 10.0 Å². The monoisotopic (exact) mass is 683 g/mol. The van der Waals surface area contributed by atoms with Gasteiger partial charge in [-0.1, -0.05) is 77.3 Å². The lowest BCUT2D eigenvalue weighted by molar-refractivity contribution is -0.139. The number of carbonyl (C=O) groups excluding carboxylic acids is 2. The normalized spacial score (nSPS) is 11.8. The maximum atomic E-state index is 14.5. The second-order valence-electron chi connectivity index (χ2n) is 10.4. The summed E-state index contributed by atoms with van der Waals surface area (Å²) in [6.45, 7) is 1.17. The first kappa shape index (κ1) is 34.6. The van der Waals surface area contributed by atoms with E-state index in [0.29, 0.717) is 21.4 Å². The van der Waals surface area contributed by atoms with Gasteiger partial charge in [0.1, 0.15) is 12.6 Å². The van der Waals surface area contributed by atoms with Gasteiger partial charge in [-0.25, -0.2) is 8.42 Å². The Morgan fingerprint density at radius 2 is 1.54 bits per heavy atom. The quantitative estimate of drug-likeness (QED) is 0.188. The Hall–Kier alpha value is -4.25. The van der Waals surface area contributed by atoms with Crippen LogP contribution in [0.5, 0.6) is 11.5 Å². The van der Waals surface area contributed by atoms with Gasteiger partial charge in [-0.2, -0.15) is 0 Å². The number of nitrogens with one attached hydrogen (secondary N) is 1. The number of benzene rings is 4. The second-order valence-corrected chi connectivity index (χ2v) is 13.1. The molecular weight excluding hydrogens is 649 g/mol. The first-order chi connectivity index (χ1) is 22.0. The molecule has 0 aliphatic heterocycles. The number of halogens is 2. The Morgan fingerprint density at radius 3 is 2.15 bits per heavy atom. The van der Waals surface area contributed by atoms with Gasteiger partial charge in [-0.15, -0.1) is 0 Å². The van der Waals surface area contributed by atoms with Crippen LogP contribution in [0, 0.1) is 6.92 Å². The van der Waals surface area contributed by atoms with Crippen molar-refractivity contribution in [2.75, 3.05) is 32.1 Å². The molecule has 2 amide bonds. The van der Waals surface area contributed by atoms with Gasteiger partial charge in [-0.3, -0.25) is 13.9 Å². The number of likely N-dealkylation sites (N-methyl/N-ethyl adjacent to an activating group) is 1. The number of aryl methyl sites for hydroxylation is 1. The zero-order valence-corrected chi connectivity index (χ0v) is 28.2. The second kappa shape index (κ2) is 15.4. The summed E-state index contributed by atoms with van der Waals surface area (Å²) in [4.78, 5) is 29.1. The van der Waals surface area contributed by atoms with E-state index in [4.69, 9.17) is 32.7 Å². The summed E-state index contributed by atoms with van der Waals surface area (Å²) in [5.41, 5.74) is 2.51. The Labute approximate surface area is 279 Å². The molecule has 0 saturated heterocycles. The molecule has 0 spiro atoms. The minimum absolute atomic E-state index is 0.0854. The third-order valence-corrected chi connectivity index (χ3v) is 9.77. The number of hydrogen-bond donors (Lipinski definition) is 1. The Kier molecular flexibility index (Phi) is 11.6. The van der Waals surface area contributed by atoms with Crippen LogP contribution in [0.4, 0.5) is 5.69 Å². The predicted octanol–water partition coefficient (Wildman–Crippen LogP) is 5.90. The third-order valence-electron chi connectivity index (χ3n) is 7.42. The number of amides is 2. The molecule has 1 N–H and O–H groups in total. The van der Waals surface area contributed by atoms with Crippen molar-refractivity contribution in [2.24, 2.45) is 0 Å². The fourth-order valence-electron chi connectivity index (χ4n) is 4.90. The maximum Gasteiger partial charge on any atom is 0.264 e. The fourth-order valence-corrected chi connectivity index (χ4v) is 6.80. The van der Waals surface area contributed by atoms with Crippen LogP contribution in [0.1, 0.15) is 16.7 Å². The largest absolute Gasteiger partial charge is 0.493 e. The molecule has 0 aliphatic carbocycles. The number of sulfonamides is 1. The van der Waals surface area contributed by atoms with Crippen LogP contribution < -0.4 is 19.1 Å². The molecule has 0 saturated carbocycles. The average molecular weight is 685 g/mol. The Balaban J connectivity index is 1.82. The van der Waals surface area contributed by atoms with Crippen molar-refractivity contribution in [2.45, 2.75) is 30.8 Å². The number of anilines is 1. The van der Waals surface area contributed by atoms with E-state index in [-0.39, 0.29) is 29.3 Å². The van der Waals surface area contributed by atoms with E-state index in [2.05, 4.69) is 5.32 Å². The summed E-state index contributed by atoms with van der Waals surface area (Å²) in [5.74, 6) is -0.493. The number of ether oxygens (including phenoxy) is 2. The molecule has 12 heteroatoms.